The van der Waals surface area contributed by atoms with Crippen molar-refractivity contribution in [3.63, 3.8) is 0 Å². The van der Waals surface area contributed by atoms with E-state index in [0.717, 1.165) is 23.3 Å². The van der Waals surface area contributed by atoms with Gasteiger partial charge < -0.3 is 5.32 Å². The first kappa shape index (κ1) is 15.0. The third kappa shape index (κ3) is 4.03. The lowest BCUT2D eigenvalue weighted by Crippen LogP contribution is -2.04. The van der Waals surface area contributed by atoms with Gasteiger partial charge >= 0.3 is 6.18 Å². The van der Waals surface area contributed by atoms with E-state index in [-0.39, 0.29) is 0 Å². The standard InChI is InChI=1S/C17H14F3N/c1-2-4-14(15-9-10-21-12-15)8-7-13-5-3-6-16(11-13)17(18,19)20/h2-6,9-11,21H,12H2,1H3/b4-2-,15-14+. The SMILES string of the molecule is C/C=C\C(C#Cc1cccc(C(F)(F)F)c1)=C1\C=CNC1. The zero-order chi connectivity index (χ0) is 15.3. The van der Waals surface area contributed by atoms with Gasteiger partial charge in [0.2, 0.25) is 0 Å². The topological polar surface area (TPSA) is 12.0 Å². The Kier molecular flexibility index (Phi) is 4.54. The van der Waals surface area contributed by atoms with Gasteiger partial charge in [-0.3, -0.25) is 0 Å². The first-order valence-electron chi connectivity index (χ1n) is 6.46. The number of alkyl halides is 3. The monoisotopic (exact) mass is 289 g/mol. The molecule has 1 aromatic carbocycles. The van der Waals surface area contributed by atoms with Crippen LogP contribution in [0.1, 0.15) is 18.1 Å². The van der Waals surface area contributed by atoms with Crippen LogP contribution in [0, 0.1) is 11.8 Å². The van der Waals surface area contributed by atoms with Crippen molar-refractivity contribution in [2.75, 3.05) is 6.54 Å². The molecule has 0 fully saturated rings. The fourth-order valence-electron chi connectivity index (χ4n) is 1.88. The molecule has 0 atom stereocenters. The maximum Gasteiger partial charge on any atom is 0.416 e. The third-order valence-corrected chi connectivity index (χ3v) is 2.91. The Hall–Kier alpha value is -2.41. The highest BCUT2D eigenvalue weighted by molar-refractivity contribution is 5.51. The van der Waals surface area contributed by atoms with E-state index in [1.165, 1.54) is 6.07 Å². The van der Waals surface area contributed by atoms with E-state index < -0.39 is 11.7 Å². The molecule has 0 aliphatic carbocycles. The molecule has 1 aliphatic heterocycles. The van der Waals surface area contributed by atoms with Crippen molar-refractivity contribution >= 4 is 0 Å². The molecule has 2 rings (SSSR count). The summed E-state index contributed by atoms with van der Waals surface area (Å²) < 4.78 is 37.9. The number of benzene rings is 1. The van der Waals surface area contributed by atoms with E-state index in [1.54, 1.807) is 6.07 Å². The highest BCUT2D eigenvalue weighted by Crippen LogP contribution is 2.29. The van der Waals surface area contributed by atoms with Crippen LogP contribution in [0.4, 0.5) is 13.2 Å². The Morgan fingerprint density at radius 2 is 2.14 bits per heavy atom. The quantitative estimate of drug-likeness (QED) is 0.769. The van der Waals surface area contributed by atoms with Gasteiger partial charge in [-0.25, -0.2) is 0 Å². The van der Waals surface area contributed by atoms with Crippen molar-refractivity contribution in [2.24, 2.45) is 0 Å². The molecule has 0 saturated heterocycles. The van der Waals surface area contributed by atoms with E-state index in [9.17, 15) is 13.2 Å². The van der Waals surface area contributed by atoms with Gasteiger partial charge in [-0.1, -0.05) is 30.1 Å². The van der Waals surface area contributed by atoms with Gasteiger partial charge in [0.1, 0.15) is 0 Å². The number of allylic oxidation sites excluding steroid dienone is 3. The largest absolute Gasteiger partial charge is 0.416 e. The van der Waals surface area contributed by atoms with E-state index >= 15 is 0 Å². The highest BCUT2D eigenvalue weighted by atomic mass is 19.4. The van der Waals surface area contributed by atoms with Crippen LogP contribution in [0.15, 0.2) is 59.8 Å². The minimum atomic E-state index is -4.35. The van der Waals surface area contributed by atoms with E-state index in [4.69, 9.17) is 0 Å². The lowest BCUT2D eigenvalue weighted by molar-refractivity contribution is -0.137. The number of hydrogen-bond donors (Lipinski definition) is 1. The van der Waals surface area contributed by atoms with Gasteiger partial charge in [0.25, 0.3) is 0 Å². The number of halogens is 3. The third-order valence-electron chi connectivity index (χ3n) is 2.91. The molecule has 1 aromatic rings. The van der Waals surface area contributed by atoms with Crippen LogP contribution in [0.25, 0.3) is 0 Å². The van der Waals surface area contributed by atoms with Gasteiger partial charge in [0, 0.05) is 17.7 Å². The van der Waals surface area contributed by atoms with E-state index in [1.807, 2.05) is 31.4 Å². The molecule has 0 aromatic heterocycles. The summed E-state index contributed by atoms with van der Waals surface area (Å²) in [6.45, 7) is 2.55. The van der Waals surface area contributed by atoms with Crippen LogP contribution in [-0.4, -0.2) is 6.54 Å². The maximum atomic E-state index is 12.6. The fraction of sp³-hybridized carbons (Fsp3) is 0.176. The minimum absolute atomic E-state index is 0.349. The summed E-state index contributed by atoms with van der Waals surface area (Å²) in [5.41, 5.74) is 1.49. The molecular formula is C17H14F3N. The van der Waals surface area contributed by atoms with Crippen LogP contribution in [-0.2, 0) is 6.18 Å². The molecule has 1 aliphatic rings. The minimum Gasteiger partial charge on any atom is -0.387 e. The van der Waals surface area contributed by atoms with Crippen LogP contribution < -0.4 is 5.32 Å². The summed E-state index contributed by atoms with van der Waals surface area (Å²) in [5, 5.41) is 3.05. The van der Waals surface area contributed by atoms with Crippen molar-refractivity contribution in [1.82, 2.24) is 5.32 Å². The Balaban J connectivity index is 2.33. The van der Waals surface area contributed by atoms with Crippen LogP contribution >= 0.6 is 0 Å². The number of nitrogens with one attached hydrogen (secondary N) is 1. The molecule has 1 heterocycles. The van der Waals surface area contributed by atoms with Crippen molar-refractivity contribution in [3.8, 4) is 11.8 Å². The Morgan fingerprint density at radius 3 is 2.76 bits per heavy atom. The zero-order valence-corrected chi connectivity index (χ0v) is 11.5. The molecular weight excluding hydrogens is 275 g/mol. The second kappa shape index (κ2) is 6.36. The maximum absolute atomic E-state index is 12.6. The molecule has 1 nitrogen and oxygen atoms in total. The normalized spacial score (nSPS) is 16.6. The summed E-state index contributed by atoms with van der Waals surface area (Å²) in [5.74, 6) is 5.74. The van der Waals surface area contributed by atoms with Gasteiger partial charge in [-0.2, -0.15) is 13.2 Å². The first-order chi connectivity index (χ1) is 10.0. The molecule has 0 radical (unpaired) electrons. The molecule has 0 unspecified atom stereocenters. The Labute approximate surface area is 121 Å². The predicted molar refractivity (Wildman–Crippen MR) is 77.3 cm³/mol. The first-order valence-corrected chi connectivity index (χ1v) is 6.46. The molecule has 0 amide bonds. The Bertz CT molecular complexity index is 667. The Morgan fingerprint density at radius 1 is 1.33 bits per heavy atom. The summed E-state index contributed by atoms with van der Waals surface area (Å²) in [6.07, 6.45) is 3.10. The summed E-state index contributed by atoms with van der Waals surface area (Å²) >= 11 is 0. The average molecular weight is 289 g/mol. The van der Waals surface area contributed by atoms with E-state index in [0.29, 0.717) is 12.1 Å². The molecule has 108 valence electrons. The smallest absolute Gasteiger partial charge is 0.387 e. The van der Waals surface area contributed by atoms with E-state index in [2.05, 4.69) is 17.2 Å². The molecule has 4 heteroatoms. The van der Waals surface area contributed by atoms with Gasteiger partial charge in [-0.15, -0.1) is 0 Å². The second-order valence-electron chi connectivity index (χ2n) is 4.48. The lowest BCUT2D eigenvalue weighted by atomic mass is 10.1. The molecule has 0 saturated carbocycles. The average Bonchev–Trinajstić information content (AvgIpc) is 2.97. The predicted octanol–water partition coefficient (Wildman–Crippen LogP) is 4.05. The van der Waals surface area contributed by atoms with Crippen molar-refractivity contribution < 1.29 is 13.2 Å². The number of rotatable bonds is 1. The molecule has 1 N–H and O–H groups in total. The molecule has 21 heavy (non-hydrogen) atoms. The molecule has 0 bridgehead atoms. The van der Waals surface area contributed by atoms with Crippen LogP contribution in [0.2, 0.25) is 0 Å². The van der Waals surface area contributed by atoms with Crippen molar-refractivity contribution in [2.45, 2.75) is 13.1 Å². The summed E-state index contributed by atoms with van der Waals surface area (Å²) in [4.78, 5) is 0. The highest BCUT2D eigenvalue weighted by Gasteiger charge is 2.30. The van der Waals surface area contributed by atoms with Crippen molar-refractivity contribution in [3.05, 3.63) is 71.0 Å². The zero-order valence-electron chi connectivity index (χ0n) is 11.5. The van der Waals surface area contributed by atoms with Crippen LogP contribution in [0.3, 0.4) is 0 Å². The molecule has 0 spiro atoms. The van der Waals surface area contributed by atoms with Gasteiger partial charge in [0.15, 0.2) is 0 Å². The fourth-order valence-corrected chi connectivity index (χ4v) is 1.88. The van der Waals surface area contributed by atoms with Gasteiger partial charge in [-0.05, 0) is 43.0 Å². The summed E-state index contributed by atoms with van der Waals surface area (Å²) in [7, 11) is 0. The van der Waals surface area contributed by atoms with Crippen LogP contribution in [0.5, 0.6) is 0 Å². The number of hydrogen-bond acceptors (Lipinski definition) is 1. The van der Waals surface area contributed by atoms with Crippen molar-refractivity contribution in [1.29, 1.82) is 0 Å². The van der Waals surface area contributed by atoms with Gasteiger partial charge in [0.05, 0.1) is 5.56 Å². The summed E-state index contributed by atoms with van der Waals surface area (Å²) in [6, 6.07) is 5.04. The lowest BCUT2D eigenvalue weighted by Gasteiger charge is -2.05. The second-order valence-corrected chi connectivity index (χ2v) is 4.48.